The third-order valence-electron chi connectivity index (χ3n) is 6.50. The molecule has 0 radical (unpaired) electrons. The highest BCUT2D eigenvalue weighted by molar-refractivity contribution is 5.79. The van der Waals surface area contributed by atoms with Crippen molar-refractivity contribution < 1.29 is 14.1 Å². The van der Waals surface area contributed by atoms with Gasteiger partial charge in [0.1, 0.15) is 5.76 Å². The zero-order chi connectivity index (χ0) is 17.4. The van der Waals surface area contributed by atoms with Crippen LogP contribution >= 0.6 is 0 Å². The van der Waals surface area contributed by atoms with Crippen molar-refractivity contribution in [1.82, 2.24) is 15.0 Å². The van der Waals surface area contributed by atoms with Crippen LogP contribution in [0.25, 0.3) is 0 Å². The van der Waals surface area contributed by atoms with Crippen molar-refractivity contribution >= 4 is 5.91 Å². The van der Waals surface area contributed by atoms with Crippen molar-refractivity contribution in [3.8, 4) is 0 Å². The molecular formula is C19H29N3O3. The van der Waals surface area contributed by atoms with Crippen LogP contribution in [-0.2, 0) is 16.1 Å². The van der Waals surface area contributed by atoms with Gasteiger partial charge in [0.15, 0.2) is 0 Å². The first kappa shape index (κ1) is 17.0. The standard InChI is InChI=1S/C19H29N3O3/c1-14-17(15(2)25-20-14)12-22-13-19(11-18(22)23)5-7-21(8-6-19)16-3-9-24-10-4-16/h16H,3-13H2,1-2H3. The molecule has 3 saturated heterocycles. The predicted molar refractivity (Wildman–Crippen MR) is 93.1 cm³/mol. The maximum Gasteiger partial charge on any atom is 0.223 e. The first-order valence-electron chi connectivity index (χ1n) is 9.58. The highest BCUT2D eigenvalue weighted by Gasteiger charge is 2.45. The number of carbonyl (C=O) groups excluding carboxylic acids is 1. The van der Waals surface area contributed by atoms with E-state index in [9.17, 15) is 4.79 Å². The average Bonchev–Trinajstić information content (AvgIpc) is 3.10. The van der Waals surface area contributed by atoms with Crippen LogP contribution < -0.4 is 0 Å². The summed E-state index contributed by atoms with van der Waals surface area (Å²) in [5.74, 6) is 1.13. The minimum atomic E-state index is 0.178. The second-order valence-corrected chi connectivity index (χ2v) is 8.11. The Morgan fingerprint density at radius 2 is 1.92 bits per heavy atom. The smallest absolute Gasteiger partial charge is 0.223 e. The molecule has 0 bridgehead atoms. The lowest BCUT2D eigenvalue weighted by Gasteiger charge is -2.43. The summed E-state index contributed by atoms with van der Waals surface area (Å²) in [4.78, 5) is 17.3. The second-order valence-electron chi connectivity index (χ2n) is 8.11. The molecule has 1 amide bonds. The maximum atomic E-state index is 12.6. The van der Waals surface area contributed by atoms with Crippen LogP contribution in [0, 0.1) is 19.3 Å². The second kappa shape index (κ2) is 6.72. The molecule has 25 heavy (non-hydrogen) atoms. The van der Waals surface area contributed by atoms with Gasteiger partial charge in [0.05, 0.1) is 12.2 Å². The van der Waals surface area contributed by atoms with E-state index in [4.69, 9.17) is 9.26 Å². The molecule has 138 valence electrons. The summed E-state index contributed by atoms with van der Waals surface area (Å²) in [5.41, 5.74) is 2.16. The van der Waals surface area contributed by atoms with E-state index in [1.54, 1.807) is 0 Å². The van der Waals surface area contributed by atoms with E-state index in [1.807, 2.05) is 18.7 Å². The van der Waals surface area contributed by atoms with Crippen LogP contribution in [0.2, 0.25) is 0 Å². The fraction of sp³-hybridized carbons (Fsp3) is 0.789. The molecular weight excluding hydrogens is 318 g/mol. The van der Waals surface area contributed by atoms with Crippen LogP contribution in [0.4, 0.5) is 0 Å². The molecule has 4 rings (SSSR count). The SMILES string of the molecule is Cc1noc(C)c1CN1CC2(CCN(C3CCOCC3)CC2)CC1=O. The van der Waals surface area contributed by atoms with Gasteiger partial charge in [-0.05, 0) is 58.0 Å². The van der Waals surface area contributed by atoms with Gasteiger partial charge in [-0.1, -0.05) is 5.16 Å². The summed E-state index contributed by atoms with van der Waals surface area (Å²) in [6.45, 7) is 9.45. The van der Waals surface area contributed by atoms with Gasteiger partial charge in [-0.25, -0.2) is 0 Å². The lowest BCUT2D eigenvalue weighted by Crippen LogP contribution is -2.47. The fourth-order valence-electron chi connectivity index (χ4n) is 4.79. The number of hydrogen-bond donors (Lipinski definition) is 0. The van der Waals surface area contributed by atoms with Gasteiger partial charge in [-0.2, -0.15) is 0 Å². The molecule has 3 aliphatic heterocycles. The van der Waals surface area contributed by atoms with Crippen molar-refractivity contribution in [3.63, 3.8) is 0 Å². The van der Waals surface area contributed by atoms with Crippen molar-refractivity contribution in [2.75, 3.05) is 32.8 Å². The highest BCUT2D eigenvalue weighted by atomic mass is 16.5. The Hall–Kier alpha value is -1.40. The maximum absolute atomic E-state index is 12.6. The third kappa shape index (κ3) is 3.34. The lowest BCUT2D eigenvalue weighted by atomic mass is 9.77. The van der Waals surface area contributed by atoms with E-state index < -0.39 is 0 Å². The molecule has 0 aliphatic carbocycles. The average molecular weight is 347 g/mol. The summed E-state index contributed by atoms with van der Waals surface area (Å²) >= 11 is 0. The molecule has 0 atom stereocenters. The van der Waals surface area contributed by atoms with Gasteiger partial charge in [-0.3, -0.25) is 4.79 Å². The van der Waals surface area contributed by atoms with Gasteiger partial charge in [-0.15, -0.1) is 0 Å². The van der Waals surface area contributed by atoms with E-state index in [0.717, 1.165) is 75.5 Å². The molecule has 6 nitrogen and oxygen atoms in total. The Kier molecular flexibility index (Phi) is 4.58. The fourth-order valence-corrected chi connectivity index (χ4v) is 4.79. The zero-order valence-electron chi connectivity index (χ0n) is 15.4. The summed E-state index contributed by atoms with van der Waals surface area (Å²) in [5, 5.41) is 4.02. The zero-order valence-corrected chi connectivity index (χ0v) is 15.4. The van der Waals surface area contributed by atoms with Crippen LogP contribution in [-0.4, -0.2) is 59.8 Å². The largest absolute Gasteiger partial charge is 0.381 e. The van der Waals surface area contributed by atoms with E-state index in [-0.39, 0.29) is 5.41 Å². The number of ether oxygens (including phenoxy) is 1. The quantitative estimate of drug-likeness (QED) is 0.840. The number of rotatable bonds is 3. The molecule has 4 heterocycles. The Bertz CT molecular complexity index is 608. The number of piperidine rings is 1. The summed E-state index contributed by atoms with van der Waals surface area (Å²) in [7, 11) is 0. The van der Waals surface area contributed by atoms with Crippen molar-refractivity contribution in [1.29, 1.82) is 0 Å². The minimum Gasteiger partial charge on any atom is -0.381 e. The van der Waals surface area contributed by atoms with Crippen LogP contribution in [0.3, 0.4) is 0 Å². The summed E-state index contributed by atoms with van der Waals surface area (Å²) in [6.07, 6.45) is 5.29. The Balaban J connectivity index is 1.37. The van der Waals surface area contributed by atoms with E-state index >= 15 is 0 Å². The topological polar surface area (TPSA) is 58.8 Å². The number of carbonyl (C=O) groups is 1. The Labute approximate surface area is 149 Å². The number of aryl methyl sites for hydroxylation is 2. The highest BCUT2D eigenvalue weighted by Crippen LogP contribution is 2.42. The molecule has 1 aromatic heterocycles. The first-order valence-corrected chi connectivity index (χ1v) is 9.58. The Morgan fingerprint density at radius 3 is 2.56 bits per heavy atom. The molecule has 1 spiro atoms. The monoisotopic (exact) mass is 347 g/mol. The van der Waals surface area contributed by atoms with Gasteiger partial charge in [0.2, 0.25) is 5.91 Å². The van der Waals surface area contributed by atoms with Crippen molar-refractivity contribution in [2.24, 2.45) is 5.41 Å². The molecule has 0 N–H and O–H groups in total. The number of aromatic nitrogens is 1. The number of nitrogens with zero attached hydrogens (tertiary/aromatic N) is 3. The third-order valence-corrected chi connectivity index (χ3v) is 6.50. The molecule has 0 unspecified atom stereocenters. The Morgan fingerprint density at radius 1 is 1.20 bits per heavy atom. The number of hydrogen-bond acceptors (Lipinski definition) is 5. The molecule has 0 saturated carbocycles. The van der Waals surface area contributed by atoms with Crippen molar-refractivity contribution in [3.05, 3.63) is 17.0 Å². The minimum absolute atomic E-state index is 0.178. The van der Waals surface area contributed by atoms with Gasteiger partial charge in [0.25, 0.3) is 0 Å². The molecule has 3 fully saturated rings. The number of likely N-dealkylation sites (tertiary alicyclic amines) is 2. The van der Waals surface area contributed by atoms with E-state index in [2.05, 4.69) is 10.1 Å². The van der Waals surface area contributed by atoms with Crippen LogP contribution in [0.1, 0.15) is 49.1 Å². The van der Waals surface area contributed by atoms with E-state index in [0.29, 0.717) is 24.9 Å². The van der Waals surface area contributed by atoms with Crippen molar-refractivity contribution in [2.45, 2.75) is 58.5 Å². The molecule has 3 aliphatic rings. The molecule has 0 aromatic carbocycles. The van der Waals surface area contributed by atoms with Gasteiger partial charge < -0.3 is 19.1 Å². The normalized spacial score (nSPS) is 25.2. The first-order chi connectivity index (χ1) is 12.1. The van der Waals surface area contributed by atoms with Crippen LogP contribution in [0.5, 0.6) is 0 Å². The van der Waals surface area contributed by atoms with Crippen LogP contribution in [0.15, 0.2) is 4.52 Å². The number of amides is 1. The van der Waals surface area contributed by atoms with Gasteiger partial charge in [0, 0.05) is 37.8 Å². The molecule has 1 aromatic rings. The van der Waals surface area contributed by atoms with Gasteiger partial charge >= 0.3 is 0 Å². The predicted octanol–water partition coefficient (Wildman–Crippen LogP) is 2.28. The van der Waals surface area contributed by atoms with E-state index in [1.165, 1.54) is 0 Å². The lowest BCUT2D eigenvalue weighted by molar-refractivity contribution is -0.128. The molecule has 6 heteroatoms. The summed E-state index contributed by atoms with van der Waals surface area (Å²) in [6, 6.07) is 0.682. The summed E-state index contributed by atoms with van der Waals surface area (Å²) < 4.78 is 10.7.